The summed E-state index contributed by atoms with van der Waals surface area (Å²) in [7, 11) is 1.45. The van der Waals surface area contributed by atoms with Gasteiger partial charge in [0.2, 0.25) is 0 Å². The summed E-state index contributed by atoms with van der Waals surface area (Å²) in [4.78, 5) is 4.28. The van der Waals surface area contributed by atoms with Crippen LogP contribution in [0.25, 0.3) is 0 Å². The number of hydrogen-bond acceptors (Lipinski definition) is 2. The third kappa shape index (κ3) is 4.98. The molecule has 0 aromatic heterocycles. The lowest BCUT2D eigenvalue weighted by Crippen LogP contribution is -2.23. The van der Waals surface area contributed by atoms with E-state index in [1.165, 1.54) is 18.7 Å². The maximum Gasteiger partial charge on any atom is 0.193 e. The molecule has 0 saturated heterocycles. The highest BCUT2D eigenvalue weighted by atomic mass is 19.1. The van der Waals surface area contributed by atoms with Crippen molar-refractivity contribution in [1.29, 1.82) is 0 Å². The van der Waals surface area contributed by atoms with E-state index in [0.717, 1.165) is 17.7 Å². The lowest BCUT2D eigenvalue weighted by molar-refractivity contribution is 0.386. The van der Waals surface area contributed by atoms with Gasteiger partial charge in [-0.2, -0.15) is 0 Å². The summed E-state index contributed by atoms with van der Waals surface area (Å²) in [6.45, 7) is 2.63. The minimum atomic E-state index is -0.364. The van der Waals surface area contributed by atoms with E-state index in [-0.39, 0.29) is 11.6 Å². The molecule has 0 aliphatic rings. The van der Waals surface area contributed by atoms with Crippen LogP contribution in [0.5, 0.6) is 5.75 Å². The molecule has 5 heteroatoms. The Kier molecular flexibility index (Phi) is 5.97. The SMILES string of the molecule is CCc1ccc(NC(N)=NCCc2ccc(F)c(OC)c2)cc1. The lowest BCUT2D eigenvalue weighted by atomic mass is 10.1. The van der Waals surface area contributed by atoms with Crippen molar-refractivity contribution < 1.29 is 9.13 Å². The molecule has 0 spiro atoms. The number of methoxy groups -OCH3 is 1. The van der Waals surface area contributed by atoms with Gasteiger partial charge < -0.3 is 15.8 Å². The number of ether oxygens (including phenoxy) is 1. The van der Waals surface area contributed by atoms with Crippen molar-refractivity contribution in [3.05, 3.63) is 59.4 Å². The molecular formula is C18H22FN3O. The highest BCUT2D eigenvalue weighted by Gasteiger charge is 2.03. The van der Waals surface area contributed by atoms with Gasteiger partial charge in [0, 0.05) is 12.2 Å². The van der Waals surface area contributed by atoms with E-state index < -0.39 is 0 Å². The quantitative estimate of drug-likeness (QED) is 0.635. The number of aryl methyl sites for hydroxylation is 1. The second-order valence-electron chi connectivity index (χ2n) is 5.16. The second kappa shape index (κ2) is 8.17. The summed E-state index contributed by atoms with van der Waals surface area (Å²) >= 11 is 0. The number of benzene rings is 2. The highest BCUT2D eigenvalue weighted by Crippen LogP contribution is 2.18. The average molecular weight is 315 g/mol. The molecule has 0 atom stereocenters. The molecule has 2 aromatic carbocycles. The van der Waals surface area contributed by atoms with E-state index in [1.807, 2.05) is 12.1 Å². The normalized spacial score (nSPS) is 11.3. The van der Waals surface area contributed by atoms with Gasteiger partial charge in [0.15, 0.2) is 17.5 Å². The van der Waals surface area contributed by atoms with Crippen LogP contribution >= 0.6 is 0 Å². The Balaban J connectivity index is 1.89. The maximum atomic E-state index is 13.3. The standard InChI is InChI=1S/C18H22FN3O/c1-3-13-4-7-15(8-5-13)22-18(20)21-11-10-14-6-9-16(19)17(12-14)23-2/h4-9,12H,3,10-11H2,1-2H3,(H3,20,21,22). The minimum absolute atomic E-state index is 0.244. The third-order valence-electron chi connectivity index (χ3n) is 3.53. The van der Waals surface area contributed by atoms with Gasteiger partial charge in [0.05, 0.1) is 7.11 Å². The zero-order valence-electron chi connectivity index (χ0n) is 13.5. The molecule has 122 valence electrons. The number of halogens is 1. The number of nitrogens with one attached hydrogen (secondary N) is 1. The van der Waals surface area contributed by atoms with E-state index in [1.54, 1.807) is 12.1 Å². The van der Waals surface area contributed by atoms with Crippen LogP contribution in [-0.2, 0) is 12.8 Å². The third-order valence-corrected chi connectivity index (χ3v) is 3.53. The number of hydrogen-bond donors (Lipinski definition) is 2. The Morgan fingerprint density at radius 1 is 1.17 bits per heavy atom. The van der Waals surface area contributed by atoms with Crippen LogP contribution in [0.1, 0.15) is 18.1 Å². The van der Waals surface area contributed by atoms with Crippen molar-refractivity contribution in [2.75, 3.05) is 19.0 Å². The first kappa shape index (κ1) is 16.8. The summed E-state index contributed by atoms with van der Waals surface area (Å²) in [6, 6.07) is 12.9. The van der Waals surface area contributed by atoms with Crippen LogP contribution < -0.4 is 15.8 Å². The smallest absolute Gasteiger partial charge is 0.193 e. The molecule has 0 aliphatic heterocycles. The zero-order valence-corrected chi connectivity index (χ0v) is 13.5. The van der Waals surface area contributed by atoms with Crippen molar-refractivity contribution in [1.82, 2.24) is 0 Å². The molecule has 2 aromatic rings. The molecule has 23 heavy (non-hydrogen) atoms. The average Bonchev–Trinajstić information content (AvgIpc) is 2.57. The van der Waals surface area contributed by atoms with E-state index in [9.17, 15) is 4.39 Å². The number of nitrogens with zero attached hydrogens (tertiary/aromatic N) is 1. The van der Waals surface area contributed by atoms with Crippen LogP contribution in [0.15, 0.2) is 47.5 Å². The summed E-state index contributed by atoms with van der Waals surface area (Å²) in [5.41, 5.74) is 9.01. The molecule has 0 heterocycles. The van der Waals surface area contributed by atoms with Crippen molar-refractivity contribution in [3.63, 3.8) is 0 Å². The lowest BCUT2D eigenvalue weighted by Gasteiger charge is -2.07. The molecule has 0 radical (unpaired) electrons. The van der Waals surface area contributed by atoms with Crippen molar-refractivity contribution in [3.8, 4) is 5.75 Å². The number of nitrogens with two attached hydrogens (primary N) is 1. The minimum Gasteiger partial charge on any atom is -0.494 e. The molecule has 2 rings (SSSR count). The molecule has 3 N–H and O–H groups in total. The molecule has 0 aliphatic carbocycles. The fourth-order valence-corrected chi connectivity index (χ4v) is 2.18. The van der Waals surface area contributed by atoms with Gasteiger partial charge in [-0.1, -0.05) is 25.1 Å². The molecule has 0 saturated carbocycles. The Hall–Kier alpha value is -2.56. The monoisotopic (exact) mass is 315 g/mol. The number of anilines is 1. The van der Waals surface area contributed by atoms with Crippen LogP contribution in [0.4, 0.5) is 10.1 Å². The highest BCUT2D eigenvalue weighted by molar-refractivity contribution is 5.92. The molecule has 0 fully saturated rings. The zero-order chi connectivity index (χ0) is 16.7. The first-order valence-corrected chi connectivity index (χ1v) is 7.60. The van der Waals surface area contributed by atoms with Gasteiger partial charge in [0.1, 0.15) is 0 Å². The molecule has 0 unspecified atom stereocenters. The number of aliphatic imine (C=N–C) groups is 1. The van der Waals surface area contributed by atoms with Gasteiger partial charge in [0.25, 0.3) is 0 Å². The second-order valence-corrected chi connectivity index (χ2v) is 5.16. The van der Waals surface area contributed by atoms with Crippen molar-refractivity contribution >= 4 is 11.6 Å². The fourth-order valence-electron chi connectivity index (χ4n) is 2.18. The van der Waals surface area contributed by atoms with Crippen LogP contribution in [-0.4, -0.2) is 19.6 Å². The molecule has 0 amide bonds. The first-order valence-electron chi connectivity index (χ1n) is 7.60. The Morgan fingerprint density at radius 3 is 2.52 bits per heavy atom. The van der Waals surface area contributed by atoms with Gasteiger partial charge in [-0.15, -0.1) is 0 Å². The summed E-state index contributed by atoms with van der Waals surface area (Å²) in [6.07, 6.45) is 1.67. The Morgan fingerprint density at radius 2 is 1.87 bits per heavy atom. The summed E-state index contributed by atoms with van der Waals surface area (Å²) < 4.78 is 18.3. The van der Waals surface area contributed by atoms with E-state index >= 15 is 0 Å². The molecule has 0 bridgehead atoms. The number of guanidine groups is 1. The Labute approximate surface area is 136 Å². The largest absolute Gasteiger partial charge is 0.494 e. The predicted molar refractivity (Wildman–Crippen MR) is 92.6 cm³/mol. The van der Waals surface area contributed by atoms with Gasteiger partial charge in [-0.25, -0.2) is 4.39 Å². The Bertz CT molecular complexity index is 668. The summed E-state index contributed by atoms with van der Waals surface area (Å²) in [5.74, 6) is 0.244. The molecule has 4 nitrogen and oxygen atoms in total. The van der Waals surface area contributed by atoms with Gasteiger partial charge in [-0.05, 0) is 48.2 Å². The van der Waals surface area contributed by atoms with Gasteiger partial charge in [-0.3, -0.25) is 4.99 Å². The van der Waals surface area contributed by atoms with Crippen molar-refractivity contribution in [2.45, 2.75) is 19.8 Å². The fraction of sp³-hybridized carbons (Fsp3) is 0.278. The van der Waals surface area contributed by atoms with Crippen LogP contribution in [0, 0.1) is 5.82 Å². The van der Waals surface area contributed by atoms with E-state index in [0.29, 0.717) is 18.9 Å². The number of rotatable bonds is 6. The van der Waals surface area contributed by atoms with E-state index in [2.05, 4.69) is 29.4 Å². The summed E-state index contributed by atoms with van der Waals surface area (Å²) in [5, 5.41) is 3.05. The van der Waals surface area contributed by atoms with Crippen LogP contribution in [0.3, 0.4) is 0 Å². The van der Waals surface area contributed by atoms with E-state index in [4.69, 9.17) is 10.5 Å². The topological polar surface area (TPSA) is 59.6 Å². The van der Waals surface area contributed by atoms with Crippen molar-refractivity contribution in [2.24, 2.45) is 10.7 Å². The maximum absolute atomic E-state index is 13.3. The van der Waals surface area contributed by atoms with Crippen LogP contribution in [0.2, 0.25) is 0 Å². The predicted octanol–water partition coefficient (Wildman–Crippen LogP) is 3.37. The van der Waals surface area contributed by atoms with Gasteiger partial charge >= 0.3 is 0 Å². The first-order chi connectivity index (χ1) is 11.1. The molecular weight excluding hydrogens is 293 g/mol.